The summed E-state index contributed by atoms with van der Waals surface area (Å²) in [6.45, 7) is 7.04. The molecule has 1 saturated heterocycles. The predicted molar refractivity (Wildman–Crippen MR) is 95.5 cm³/mol. The van der Waals surface area contributed by atoms with Gasteiger partial charge in [0.15, 0.2) is 0 Å². The van der Waals surface area contributed by atoms with Gasteiger partial charge in [-0.2, -0.15) is 0 Å². The fourth-order valence-corrected chi connectivity index (χ4v) is 2.73. The summed E-state index contributed by atoms with van der Waals surface area (Å²) in [5.74, 6) is 0. The molecule has 1 aliphatic rings. The van der Waals surface area contributed by atoms with Crippen molar-refractivity contribution in [2.75, 3.05) is 13.1 Å². The maximum atomic E-state index is 15.2. The average molecular weight is 366 g/mol. The van der Waals surface area contributed by atoms with E-state index in [2.05, 4.69) is 5.32 Å². The molecular weight excluding hydrogens is 339 g/mol. The maximum absolute atomic E-state index is 15.2. The highest BCUT2D eigenvalue weighted by atomic mass is 19.1. The van der Waals surface area contributed by atoms with E-state index in [4.69, 9.17) is 9.47 Å². The molecule has 0 aromatic heterocycles. The highest BCUT2D eigenvalue weighted by Gasteiger charge is 2.46. The molecule has 7 heteroatoms. The summed E-state index contributed by atoms with van der Waals surface area (Å²) in [5.41, 5.74) is -1.51. The number of amides is 2. The number of carbonyl (C=O) groups excluding carboxylic acids is 2. The number of likely N-dealkylation sites (tertiary alicyclic amines) is 1. The van der Waals surface area contributed by atoms with Gasteiger partial charge in [0.1, 0.15) is 17.9 Å². The molecule has 6 nitrogen and oxygen atoms in total. The van der Waals surface area contributed by atoms with Crippen LogP contribution in [0.2, 0.25) is 0 Å². The summed E-state index contributed by atoms with van der Waals surface area (Å²) in [4.78, 5) is 25.3. The first-order valence-electron chi connectivity index (χ1n) is 8.73. The molecule has 1 aliphatic heterocycles. The summed E-state index contributed by atoms with van der Waals surface area (Å²) in [6, 6.07) is 8.50. The zero-order valence-electron chi connectivity index (χ0n) is 15.8. The van der Waals surface area contributed by atoms with E-state index in [1.165, 1.54) is 4.90 Å². The summed E-state index contributed by atoms with van der Waals surface area (Å²) in [5, 5.41) is 2.52. The van der Waals surface area contributed by atoms with Gasteiger partial charge in [0, 0.05) is 13.0 Å². The fourth-order valence-electron chi connectivity index (χ4n) is 2.73. The minimum atomic E-state index is -1.72. The third-order valence-electron chi connectivity index (χ3n) is 4.22. The van der Waals surface area contributed by atoms with E-state index < -0.39 is 29.5 Å². The smallest absolute Gasteiger partial charge is 0.410 e. The molecule has 1 aromatic carbocycles. The highest BCUT2D eigenvalue weighted by molar-refractivity contribution is 5.69. The van der Waals surface area contributed by atoms with Crippen LogP contribution >= 0.6 is 0 Å². The van der Waals surface area contributed by atoms with Crippen molar-refractivity contribution in [1.29, 1.82) is 0 Å². The van der Waals surface area contributed by atoms with Gasteiger partial charge in [0.2, 0.25) is 0 Å². The second kappa shape index (κ2) is 7.93. The van der Waals surface area contributed by atoms with Crippen molar-refractivity contribution in [2.45, 2.75) is 58.0 Å². The lowest BCUT2D eigenvalue weighted by molar-refractivity contribution is 0.0402. The zero-order chi connectivity index (χ0) is 19.4. The third-order valence-corrected chi connectivity index (χ3v) is 4.22. The summed E-state index contributed by atoms with van der Waals surface area (Å²) < 4.78 is 25.5. The van der Waals surface area contributed by atoms with Crippen molar-refractivity contribution in [1.82, 2.24) is 10.2 Å². The minimum Gasteiger partial charge on any atom is -0.445 e. The van der Waals surface area contributed by atoms with E-state index in [1.54, 1.807) is 27.7 Å². The van der Waals surface area contributed by atoms with E-state index in [0.29, 0.717) is 0 Å². The third kappa shape index (κ3) is 5.61. The summed E-state index contributed by atoms with van der Waals surface area (Å²) in [7, 11) is 0. The Morgan fingerprint density at radius 3 is 2.58 bits per heavy atom. The van der Waals surface area contributed by atoms with Crippen LogP contribution in [-0.4, -0.2) is 47.5 Å². The molecule has 0 bridgehead atoms. The Balaban J connectivity index is 1.85. The van der Waals surface area contributed by atoms with Crippen LogP contribution in [0.1, 0.15) is 39.7 Å². The summed E-state index contributed by atoms with van der Waals surface area (Å²) >= 11 is 0. The molecule has 0 radical (unpaired) electrons. The Bertz CT molecular complexity index is 632. The maximum Gasteiger partial charge on any atom is 0.410 e. The second-order valence-corrected chi connectivity index (χ2v) is 7.61. The molecule has 144 valence electrons. The number of halogens is 1. The van der Waals surface area contributed by atoms with Crippen LogP contribution < -0.4 is 5.32 Å². The normalized spacial score (nSPS) is 21.2. The first kappa shape index (κ1) is 20.0. The number of benzene rings is 1. The van der Waals surface area contributed by atoms with Crippen LogP contribution in [0, 0.1) is 0 Å². The topological polar surface area (TPSA) is 67.9 Å². The molecule has 2 rings (SSSR count). The van der Waals surface area contributed by atoms with Crippen molar-refractivity contribution >= 4 is 12.2 Å². The standard InChI is InChI=1S/C19H27FN2O4/c1-14(21-16(23)26-18(2,3)4)19(20)10-11-22(13-19)17(24)25-12-15-8-6-5-7-9-15/h5-9,14H,10-13H2,1-4H3,(H,21,23). The highest BCUT2D eigenvalue weighted by Crippen LogP contribution is 2.30. The minimum absolute atomic E-state index is 0.127. The number of alkyl halides is 1. The van der Waals surface area contributed by atoms with E-state index >= 15 is 4.39 Å². The van der Waals surface area contributed by atoms with Gasteiger partial charge in [-0.15, -0.1) is 0 Å². The van der Waals surface area contributed by atoms with Gasteiger partial charge >= 0.3 is 12.2 Å². The molecule has 2 amide bonds. The Morgan fingerprint density at radius 1 is 1.31 bits per heavy atom. The van der Waals surface area contributed by atoms with Crippen molar-refractivity contribution in [2.24, 2.45) is 0 Å². The van der Waals surface area contributed by atoms with Gasteiger partial charge in [0.05, 0.1) is 12.6 Å². The molecule has 0 saturated carbocycles. The summed E-state index contributed by atoms with van der Waals surface area (Å²) in [6.07, 6.45) is -1.10. The quantitative estimate of drug-likeness (QED) is 0.883. The number of nitrogens with one attached hydrogen (secondary N) is 1. The van der Waals surface area contributed by atoms with Crippen molar-refractivity contribution in [3.8, 4) is 0 Å². The van der Waals surface area contributed by atoms with E-state index in [9.17, 15) is 9.59 Å². The number of hydrogen-bond acceptors (Lipinski definition) is 4. The molecule has 1 N–H and O–H groups in total. The van der Waals surface area contributed by atoms with Gasteiger partial charge in [-0.25, -0.2) is 14.0 Å². The van der Waals surface area contributed by atoms with Crippen LogP contribution in [0.3, 0.4) is 0 Å². The number of nitrogens with zero attached hydrogens (tertiary/aromatic N) is 1. The molecular formula is C19H27FN2O4. The van der Waals surface area contributed by atoms with Crippen LogP contribution in [0.5, 0.6) is 0 Å². The molecule has 1 heterocycles. The van der Waals surface area contributed by atoms with Crippen LogP contribution in [-0.2, 0) is 16.1 Å². The second-order valence-electron chi connectivity index (χ2n) is 7.61. The van der Waals surface area contributed by atoms with E-state index in [0.717, 1.165) is 5.56 Å². The molecule has 0 spiro atoms. The van der Waals surface area contributed by atoms with Crippen molar-refractivity contribution in [3.63, 3.8) is 0 Å². The molecule has 1 aromatic rings. The zero-order valence-corrected chi connectivity index (χ0v) is 15.8. The Kier molecular flexibility index (Phi) is 6.10. The number of ether oxygens (including phenoxy) is 2. The van der Waals surface area contributed by atoms with Gasteiger partial charge in [-0.3, -0.25) is 0 Å². The monoisotopic (exact) mass is 366 g/mol. The Morgan fingerprint density at radius 2 is 1.96 bits per heavy atom. The number of hydrogen-bond donors (Lipinski definition) is 1. The van der Waals surface area contributed by atoms with Crippen LogP contribution in [0.25, 0.3) is 0 Å². The van der Waals surface area contributed by atoms with Crippen LogP contribution in [0.15, 0.2) is 30.3 Å². The van der Waals surface area contributed by atoms with E-state index in [-0.39, 0.29) is 26.1 Å². The number of alkyl carbamates (subject to hydrolysis) is 1. The molecule has 1 fully saturated rings. The lowest BCUT2D eigenvalue weighted by Crippen LogP contribution is -2.51. The number of carbonyl (C=O) groups is 2. The lowest BCUT2D eigenvalue weighted by atomic mass is 9.97. The van der Waals surface area contributed by atoms with Gasteiger partial charge in [-0.1, -0.05) is 30.3 Å². The fraction of sp³-hybridized carbons (Fsp3) is 0.579. The lowest BCUT2D eigenvalue weighted by Gasteiger charge is -2.29. The Labute approximate surface area is 153 Å². The van der Waals surface area contributed by atoms with Crippen molar-refractivity contribution < 1.29 is 23.5 Å². The molecule has 0 aliphatic carbocycles. The van der Waals surface area contributed by atoms with E-state index in [1.807, 2.05) is 30.3 Å². The van der Waals surface area contributed by atoms with Gasteiger partial charge in [-0.05, 0) is 33.3 Å². The first-order chi connectivity index (χ1) is 12.1. The van der Waals surface area contributed by atoms with Crippen molar-refractivity contribution in [3.05, 3.63) is 35.9 Å². The molecule has 26 heavy (non-hydrogen) atoms. The van der Waals surface area contributed by atoms with Gasteiger partial charge < -0.3 is 19.7 Å². The largest absolute Gasteiger partial charge is 0.445 e. The Hall–Kier alpha value is -2.31. The SMILES string of the molecule is CC(NC(=O)OC(C)(C)C)C1(F)CCN(C(=O)OCc2ccccc2)C1. The predicted octanol–water partition coefficient (Wildman–Crippen LogP) is 3.65. The number of rotatable bonds is 4. The van der Waals surface area contributed by atoms with Crippen LogP contribution in [0.4, 0.5) is 14.0 Å². The average Bonchev–Trinajstić information content (AvgIpc) is 2.95. The first-order valence-corrected chi connectivity index (χ1v) is 8.73. The molecule has 2 atom stereocenters. The van der Waals surface area contributed by atoms with Gasteiger partial charge in [0.25, 0.3) is 0 Å². The molecule has 2 unspecified atom stereocenters.